The highest BCUT2D eigenvalue weighted by Crippen LogP contribution is 2.37. The van der Waals surface area contributed by atoms with E-state index in [-0.39, 0.29) is 0 Å². The highest BCUT2D eigenvalue weighted by atomic mass is 35.5. The first-order valence-electron chi connectivity index (χ1n) is 9.19. The molecule has 1 aromatic heterocycles. The monoisotopic (exact) mass is 383 g/mol. The van der Waals surface area contributed by atoms with Gasteiger partial charge in [-0.2, -0.15) is 0 Å². The number of rotatable bonds is 3. The number of para-hydroxylation sites is 2. The van der Waals surface area contributed by atoms with Crippen molar-refractivity contribution in [3.8, 4) is 22.6 Å². The molecule has 3 heteroatoms. The number of ether oxygens (including phenoxy) is 1. The van der Waals surface area contributed by atoms with Crippen LogP contribution in [-0.4, -0.2) is 11.7 Å². The lowest BCUT2D eigenvalue weighted by Gasteiger charge is -2.11. The maximum absolute atomic E-state index is 6.15. The van der Waals surface area contributed by atoms with Crippen molar-refractivity contribution < 1.29 is 4.74 Å². The van der Waals surface area contributed by atoms with Gasteiger partial charge < -0.3 is 9.30 Å². The Labute approximate surface area is 168 Å². The Hall–Kier alpha value is -3.23. The van der Waals surface area contributed by atoms with Gasteiger partial charge in [-0.3, -0.25) is 0 Å². The highest BCUT2D eigenvalue weighted by Gasteiger charge is 2.14. The van der Waals surface area contributed by atoms with Crippen LogP contribution in [0.25, 0.3) is 38.6 Å². The van der Waals surface area contributed by atoms with E-state index in [1.807, 2.05) is 24.3 Å². The SMILES string of the molecule is COc1cc(Cl)ccc1-c1ccc2c3ccccc3n(-c3ccccc3)c2c1. The molecule has 5 aromatic rings. The van der Waals surface area contributed by atoms with E-state index in [1.54, 1.807) is 7.11 Å². The Bertz CT molecular complexity index is 1300. The molecule has 2 nitrogen and oxygen atoms in total. The van der Waals surface area contributed by atoms with Gasteiger partial charge >= 0.3 is 0 Å². The van der Waals surface area contributed by atoms with Crippen LogP contribution in [0.3, 0.4) is 0 Å². The van der Waals surface area contributed by atoms with E-state index >= 15 is 0 Å². The molecule has 0 N–H and O–H groups in total. The van der Waals surface area contributed by atoms with Crippen molar-refractivity contribution in [2.75, 3.05) is 7.11 Å². The molecule has 1 heterocycles. The number of hydrogen-bond donors (Lipinski definition) is 0. The number of aromatic nitrogens is 1. The number of fused-ring (bicyclic) bond motifs is 3. The fraction of sp³-hybridized carbons (Fsp3) is 0.0400. The molecule has 5 rings (SSSR count). The normalized spacial score (nSPS) is 11.2. The van der Waals surface area contributed by atoms with Crippen LogP contribution in [0.5, 0.6) is 5.75 Å². The minimum atomic E-state index is 0.667. The van der Waals surface area contributed by atoms with E-state index in [9.17, 15) is 0 Å². The second kappa shape index (κ2) is 6.74. The Morgan fingerprint density at radius 1 is 0.714 bits per heavy atom. The Kier molecular flexibility index (Phi) is 4.07. The summed E-state index contributed by atoms with van der Waals surface area (Å²) in [6.45, 7) is 0. The van der Waals surface area contributed by atoms with Gasteiger partial charge in [-0.05, 0) is 48.0 Å². The number of methoxy groups -OCH3 is 1. The molecular formula is C25H18ClNO. The van der Waals surface area contributed by atoms with Crippen molar-refractivity contribution in [1.82, 2.24) is 4.57 Å². The number of hydrogen-bond acceptors (Lipinski definition) is 1. The predicted octanol–water partition coefficient (Wildman–Crippen LogP) is 7.11. The lowest BCUT2D eigenvalue weighted by atomic mass is 10.0. The number of nitrogens with zero attached hydrogens (tertiary/aromatic N) is 1. The van der Waals surface area contributed by atoms with Crippen molar-refractivity contribution >= 4 is 33.4 Å². The summed E-state index contributed by atoms with van der Waals surface area (Å²) in [6, 6.07) is 31.3. The molecule has 0 aliphatic rings. The topological polar surface area (TPSA) is 14.2 Å². The molecule has 0 saturated carbocycles. The van der Waals surface area contributed by atoms with E-state index in [4.69, 9.17) is 16.3 Å². The molecule has 0 aliphatic heterocycles. The first-order chi connectivity index (χ1) is 13.8. The third-order valence-corrected chi connectivity index (χ3v) is 5.40. The smallest absolute Gasteiger partial charge is 0.128 e. The van der Waals surface area contributed by atoms with Gasteiger partial charge in [0.2, 0.25) is 0 Å². The third kappa shape index (κ3) is 2.65. The van der Waals surface area contributed by atoms with Crippen molar-refractivity contribution in [2.24, 2.45) is 0 Å². The summed E-state index contributed by atoms with van der Waals surface area (Å²) in [6.07, 6.45) is 0. The molecule has 0 bridgehead atoms. The minimum Gasteiger partial charge on any atom is -0.496 e. The van der Waals surface area contributed by atoms with E-state index in [0.29, 0.717) is 5.02 Å². The van der Waals surface area contributed by atoms with Gasteiger partial charge in [0, 0.05) is 27.0 Å². The summed E-state index contributed by atoms with van der Waals surface area (Å²) in [5.41, 5.74) is 5.64. The van der Waals surface area contributed by atoms with Gasteiger partial charge in [-0.15, -0.1) is 0 Å². The number of benzene rings is 4. The van der Waals surface area contributed by atoms with Crippen molar-refractivity contribution in [2.45, 2.75) is 0 Å². The first-order valence-corrected chi connectivity index (χ1v) is 9.56. The average molecular weight is 384 g/mol. The second-order valence-electron chi connectivity index (χ2n) is 6.76. The number of halogens is 1. The first kappa shape index (κ1) is 16.9. The molecule has 0 spiro atoms. The summed E-state index contributed by atoms with van der Waals surface area (Å²) in [7, 11) is 1.68. The molecular weight excluding hydrogens is 366 g/mol. The van der Waals surface area contributed by atoms with Crippen molar-refractivity contribution in [3.05, 3.63) is 96.0 Å². The van der Waals surface area contributed by atoms with Gasteiger partial charge in [0.25, 0.3) is 0 Å². The van der Waals surface area contributed by atoms with Crippen LogP contribution in [-0.2, 0) is 0 Å². The van der Waals surface area contributed by atoms with Crippen LogP contribution in [0.15, 0.2) is 91.0 Å². The van der Waals surface area contributed by atoms with Gasteiger partial charge in [-0.25, -0.2) is 0 Å². The quantitative estimate of drug-likeness (QED) is 0.323. The lowest BCUT2D eigenvalue weighted by Crippen LogP contribution is -1.93. The van der Waals surface area contributed by atoms with Crippen LogP contribution in [0.4, 0.5) is 0 Å². The van der Waals surface area contributed by atoms with E-state index in [0.717, 1.165) is 22.6 Å². The van der Waals surface area contributed by atoms with Crippen molar-refractivity contribution in [1.29, 1.82) is 0 Å². The fourth-order valence-corrected chi connectivity index (χ4v) is 4.06. The third-order valence-electron chi connectivity index (χ3n) is 5.16. The summed E-state index contributed by atoms with van der Waals surface area (Å²) in [5, 5.41) is 3.15. The molecule has 0 fully saturated rings. The largest absolute Gasteiger partial charge is 0.496 e. The van der Waals surface area contributed by atoms with Crippen LogP contribution in [0, 0.1) is 0 Å². The van der Waals surface area contributed by atoms with Crippen LogP contribution in [0.2, 0.25) is 5.02 Å². The summed E-state index contributed by atoms with van der Waals surface area (Å²) in [5.74, 6) is 0.772. The Morgan fingerprint density at radius 2 is 1.46 bits per heavy atom. The second-order valence-corrected chi connectivity index (χ2v) is 7.20. The molecule has 28 heavy (non-hydrogen) atoms. The van der Waals surface area contributed by atoms with E-state index in [1.165, 1.54) is 21.8 Å². The van der Waals surface area contributed by atoms with Gasteiger partial charge in [-0.1, -0.05) is 60.1 Å². The van der Waals surface area contributed by atoms with Crippen LogP contribution >= 0.6 is 11.6 Å². The zero-order valence-electron chi connectivity index (χ0n) is 15.4. The summed E-state index contributed by atoms with van der Waals surface area (Å²) in [4.78, 5) is 0. The Morgan fingerprint density at radius 3 is 2.29 bits per heavy atom. The fourth-order valence-electron chi connectivity index (χ4n) is 3.90. The Balaban J connectivity index is 1.84. The standard InChI is InChI=1S/C25H18ClNO/c1-28-25-16-18(26)12-14-20(25)17-11-13-22-21-9-5-6-10-23(21)27(24(22)15-17)19-7-3-2-4-8-19/h2-16H,1H3. The average Bonchev–Trinajstić information content (AvgIpc) is 3.08. The summed E-state index contributed by atoms with van der Waals surface area (Å²) >= 11 is 6.15. The van der Waals surface area contributed by atoms with E-state index < -0.39 is 0 Å². The molecule has 4 aromatic carbocycles. The lowest BCUT2D eigenvalue weighted by molar-refractivity contribution is 0.416. The molecule has 0 aliphatic carbocycles. The minimum absolute atomic E-state index is 0.667. The highest BCUT2D eigenvalue weighted by molar-refractivity contribution is 6.30. The molecule has 0 atom stereocenters. The van der Waals surface area contributed by atoms with Crippen LogP contribution < -0.4 is 4.74 Å². The maximum Gasteiger partial charge on any atom is 0.128 e. The molecule has 0 radical (unpaired) electrons. The van der Waals surface area contributed by atoms with Gasteiger partial charge in [0.15, 0.2) is 0 Å². The van der Waals surface area contributed by atoms with E-state index in [2.05, 4.69) is 71.3 Å². The molecule has 0 amide bonds. The van der Waals surface area contributed by atoms with Crippen LogP contribution in [0.1, 0.15) is 0 Å². The van der Waals surface area contributed by atoms with Gasteiger partial charge in [0.1, 0.15) is 5.75 Å². The molecule has 0 saturated heterocycles. The maximum atomic E-state index is 6.15. The predicted molar refractivity (Wildman–Crippen MR) is 118 cm³/mol. The van der Waals surface area contributed by atoms with Gasteiger partial charge in [0.05, 0.1) is 18.1 Å². The zero-order valence-corrected chi connectivity index (χ0v) is 16.1. The summed E-state index contributed by atoms with van der Waals surface area (Å²) < 4.78 is 7.89. The molecule has 0 unspecified atom stereocenters. The molecule has 136 valence electrons. The zero-order chi connectivity index (χ0) is 19.1. The van der Waals surface area contributed by atoms with Crippen molar-refractivity contribution in [3.63, 3.8) is 0 Å².